The van der Waals surface area contributed by atoms with E-state index in [4.69, 9.17) is 0 Å². The number of rotatable bonds is 35. The van der Waals surface area contributed by atoms with Crippen molar-refractivity contribution in [1.82, 2.24) is 0 Å². The number of hydrogen-bond acceptors (Lipinski definition) is 1. The van der Waals surface area contributed by atoms with Crippen LogP contribution in [-0.4, -0.2) is 38.3 Å². The molecule has 0 spiro atoms. The molecule has 0 aliphatic rings. The van der Waals surface area contributed by atoms with Crippen LogP contribution in [0.4, 0.5) is 0 Å². The van der Waals surface area contributed by atoms with Gasteiger partial charge < -0.3 is 9.59 Å². The third-order valence-electron chi connectivity index (χ3n) is 9.44. The summed E-state index contributed by atoms with van der Waals surface area (Å²) < 4.78 is 1.25. The molecule has 0 aliphatic carbocycles. The maximum atomic E-state index is 9.30. The molecule has 2 nitrogen and oxygen atoms in total. The van der Waals surface area contributed by atoms with E-state index < -0.39 is 0 Å². The highest BCUT2D eigenvalue weighted by Crippen LogP contribution is 2.16. The third kappa shape index (κ3) is 44.1. The molecular formula is C41H87NO. The Balaban J connectivity index is 0. The molecule has 0 rings (SSSR count). The van der Waals surface area contributed by atoms with E-state index in [9.17, 15) is 5.11 Å². The van der Waals surface area contributed by atoms with Gasteiger partial charge in [-0.25, -0.2) is 0 Å². The lowest BCUT2D eigenvalue weighted by Crippen LogP contribution is -2.41. The zero-order valence-corrected chi connectivity index (χ0v) is 31.3. The first-order chi connectivity index (χ1) is 21.0. The highest BCUT2D eigenvalue weighted by atomic mass is 16.2. The average molecular weight is 610 g/mol. The van der Waals surface area contributed by atoms with Gasteiger partial charge in [-0.1, -0.05) is 207 Å². The zero-order chi connectivity index (χ0) is 32.0. The largest absolute Gasteiger partial charge is 0.854 e. The SMILES string of the molecule is CCCCCCCCCCCCCCCCCC[N+](C)(C)CCCCCCCCCCCCCCCCCC.CCC[O-]. The van der Waals surface area contributed by atoms with E-state index in [2.05, 4.69) is 27.9 Å². The molecule has 0 N–H and O–H groups in total. The fourth-order valence-corrected chi connectivity index (χ4v) is 6.29. The minimum atomic E-state index is 0.0694. The van der Waals surface area contributed by atoms with E-state index >= 15 is 0 Å². The summed E-state index contributed by atoms with van der Waals surface area (Å²) in [5, 5.41) is 9.30. The Morgan fingerprint density at radius 2 is 0.442 bits per heavy atom. The second kappa shape index (κ2) is 39.9. The predicted molar refractivity (Wildman–Crippen MR) is 196 cm³/mol. The molecule has 2 heteroatoms. The number of quaternary nitrogens is 1. The molecule has 262 valence electrons. The molecule has 0 saturated carbocycles. The van der Waals surface area contributed by atoms with Crippen molar-refractivity contribution in [2.24, 2.45) is 0 Å². The van der Waals surface area contributed by atoms with Crippen molar-refractivity contribution in [1.29, 1.82) is 0 Å². The predicted octanol–water partition coefficient (Wildman–Crippen LogP) is 13.3. The van der Waals surface area contributed by atoms with Gasteiger partial charge in [-0.05, 0) is 25.7 Å². The van der Waals surface area contributed by atoms with Gasteiger partial charge in [0.15, 0.2) is 0 Å². The molecule has 0 fully saturated rings. The van der Waals surface area contributed by atoms with Crippen LogP contribution >= 0.6 is 0 Å². The average Bonchev–Trinajstić information content (AvgIpc) is 3.00. The summed E-state index contributed by atoms with van der Waals surface area (Å²) in [4.78, 5) is 0. The summed E-state index contributed by atoms with van der Waals surface area (Å²) in [6.45, 7) is 9.33. The molecule has 43 heavy (non-hydrogen) atoms. The Bertz CT molecular complexity index is 423. The van der Waals surface area contributed by atoms with E-state index in [0.717, 1.165) is 6.42 Å². The minimum Gasteiger partial charge on any atom is -0.854 e. The maximum Gasteiger partial charge on any atom is 0.0782 e. The van der Waals surface area contributed by atoms with Crippen LogP contribution in [0.2, 0.25) is 0 Å². The number of unbranched alkanes of at least 4 members (excludes halogenated alkanes) is 30. The van der Waals surface area contributed by atoms with Crippen LogP contribution in [0.3, 0.4) is 0 Å². The molecule has 0 aromatic heterocycles. The van der Waals surface area contributed by atoms with E-state index in [0.29, 0.717) is 0 Å². The van der Waals surface area contributed by atoms with Gasteiger partial charge in [0.1, 0.15) is 0 Å². The van der Waals surface area contributed by atoms with Gasteiger partial charge >= 0.3 is 0 Å². The number of nitrogens with zero attached hydrogens (tertiary/aromatic N) is 1. The van der Waals surface area contributed by atoms with Crippen molar-refractivity contribution >= 4 is 0 Å². The van der Waals surface area contributed by atoms with E-state index in [1.807, 2.05) is 6.92 Å². The van der Waals surface area contributed by atoms with Crippen LogP contribution in [0.1, 0.15) is 233 Å². The number of hydrogen-bond donors (Lipinski definition) is 0. The maximum absolute atomic E-state index is 9.30. The summed E-state index contributed by atoms with van der Waals surface area (Å²) in [7, 11) is 4.94. The van der Waals surface area contributed by atoms with Gasteiger partial charge in [-0.15, -0.1) is 6.61 Å². The van der Waals surface area contributed by atoms with Gasteiger partial charge in [-0.3, -0.25) is 0 Å². The van der Waals surface area contributed by atoms with Crippen molar-refractivity contribution in [3.05, 3.63) is 0 Å². The van der Waals surface area contributed by atoms with Gasteiger partial charge in [0.2, 0.25) is 0 Å². The second-order valence-corrected chi connectivity index (χ2v) is 14.7. The van der Waals surface area contributed by atoms with Crippen molar-refractivity contribution in [2.45, 2.75) is 233 Å². The Labute approximate surface area is 275 Å². The highest BCUT2D eigenvalue weighted by molar-refractivity contribution is 4.52. The van der Waals surface area contributed by atoms with E-state index in [1.165, 1.54) is 223 Å². The van der Waals surface area contributed by atoms with Crippen molar-refractivity contribution < 1.29 is 9.59 Å². The van der Waals surface area contributed by atoms with E-state index in [1.54, 1.807) is 0 Å². The fourth-order valence-electron chi connectivity index (χ4n) is 6.29. The highest BCUT2D eigenvalue weighted by Gasteiger charge is 2.13. The molecule has 0 aromatic rings. The lowest BCUT2D eigenvalue weighted by molar-refractivity contribution is -0.890. The van der Waals surface area contributed by atoms with Crippen LogP contribution in [0.5, 0.6) is 0 Å². The minimum absolute atomic E-state index is 0.0694. The first kappa shape index (κ1) is 45.0. The molecule has 0 aliphatic heterocycles. The first-order valence-corrected chi connectivity index (χ1v) is 20.4. The molecule has 0 saturated heterocycles. The molecule has 0 bridgehead atoms. The zero-order valence-electron chi connectivity index (χ0n) is 31.3. The monoisotopic (exact) mass is 610 g/mol. The summed E-state index contributed by atoms with van der Waals surface area (Å²) in [5.41, 5.74) is 0. The van der Waals surface area contributed by atoms with Crippen molar-refractivity contribution in [2.75, 3.05) is 33.8 Å². The quantitative estimate of drug-likeness (QED) is 0.0517. The Hall–Kier alpha value is -0.0800. The fraction of sp³-hybridized carbons (Fsp3) is 1.00. The summed E-state index contributed by atoms with van der Waals surface area (Å²) in [6, 6.07) is 0. The van der Waals surface area contributed by atoms with Crippen LogP contribution in [0.15, 0.2) is 0 Å². The van der Waals surface area contributed by atoms with Crippen LogP contribution in [0.25, 0.3) is 0 Å². The summed E-state index contributed by atoms with van der Waals surface area (Å²) in [5.74, 6) is 0. The van der Waals surface area contributed by atoms with E-state index in [-0.39, 0.29) is 6.61 Å². The second-order valence-electron chi connectivity index (χ2n) is 14.7. The summed E-state index contributed by atoms with van der Waals surface area (Å²) in [6.07, 6.45) is 47.7. The van der Waals surface area contributed by atoms with Crippen molar-refractivity contribution in [3.63, 3.8) is 0 Å². The molecule has 0 heterocycles. The molecule has 0 atom stereocenters. The lowest BCUT2D eigenvalue weighted by Gasteiger charge is -2.30. The van der Waals surface area contributed by atoms with Gasteiger partial charge in [0, 0.05) is 0 Å². The third-order valence-corrected chi connectivity index (χ3v) is 9.44. The smallest absolute Gasteiger partial charge is 0.0782 e. The topological polar surface area (TPSA) is 23.1 Å². The van der Waals surface area contributed by atoms with Gasteiger partial charge in [0.05, 0.1) is 27.2 Å². The Kier molecular flexibility index (Phi) is 41.8. The molecular weight excluding hydrogens is 522 g/mol. The Morgan fingerprint density at radius 1 is 0.279 bits per heavy atom. The van der Waals surface area contributed by atoms with Crippen LogP contribution in [0, 0.1) is 0 Å². The van der Waals surface area contributed by atoms with Crippen LogP contribution < -0.4 is 5.11 Å². The Morgan fingerprint density at radius 3 is 0.605 bits per heavy atom. The van der Waals surface area contributed by atoms with Gasteiger partial charge in [0.25, 0.3) is 0 Å². The first-order valence-electron chi connectivity index (χ1n) is 20.4. The molecule has 0 amide bonds. The molecule has 0 unspecified atom stereocenters. The molecule has 0 aromatic carbocycles. The standard InChI is InChI=1S/C38H80N.C3H7O/c1-5-7-9-11-13-15-17-19-21-23-25-27-29-31-33-35-37-39(3,4)38-36-34-32-30-28-26-24-22-20-18-16-14-12-10-8-6-2;1-2-3-4/h5-38H2,1-4H3;2-3H2,1H3/q+1;-1. The molecule has 0 radical (unpaired) electrons. The lowest BCUT2D eigenvalue weighted by atomic mass is 10.0. The van der Waals surface area contributed by atoms with Crippen molar-refractivity contribution in [3.8, 4) is 0 Å². The normalized spacial score (nSPS) is 11.6. The van der Waals surface area contributed by atoms with Crippen LogP contribution in [-0.2, 0) is 0 Å². The van der Waals surface area contributed by atoms with Gasteiger partial charge in [-0.2, -0.15) is 0 Å². The summed E-state index contributed by atoms with van der Waals surface area (Å²) >= 11 is 0.